The highest BCUT2D eigenvalue weighted by molar-refractivity contribution is 9.11. The van der Waals surface area contributed by atoms with E-state index < -0.39 is 10.0 Å². The number of anilines is 1. The van der Waals surface area contributed by atoms with Crippen molar-refractivity contribution in [3.8, 4) is 0 Å². The molecule has 112 valence electrons. The molecule has 0 amide bonds. The third-order valence-corrected chi connectivity index (χ3v) is 5.86. The Hall–Kier alpha value is -1.58. The van der Waals surface area contributed by atoms with E-state index in [1.165, 1.54) is 17.4 Å². The van der Waals surface area contributed by atoms with Gasteiger partial charge in [0, 0.05) is 10.4 Å². The molecule has 0 aliphatic carbocycles. The normalized spacial score (nSPS) is 12.4. The molecule has 6 nitrogen and oxygen atoms in total. The van der Waals surface area contributed by atoms with Crippen molar-refractivity contribution in [1.29, 1.82) is 0 Å². The number of oxime groups is 1. The number of amidine groups is 1. The van der Waals surface area contributed by atoms with E-state index in [1.54, 1.807) is 31.2 Å². The molecule has 0 aliphatic heterocycles. The Morgan fingerprint density at radius 1 is 1.43 bits per heavy atom. The fourth-order valence-electron chi connectivity index (χ4n) is 1.75. The molecule has 0 saturated heterocycles. The molecule has 0 unspecified atom stereocenters. The molecule has 0 atom stereocenters. The maximum Gasteiger partial charge on any atom is 0.263 e. The minimum Gasteiger partial charge on any atom is -0.409 e. The average Bonchev–Trinajstić information content (AvgIpc) is 2.78. The van der Waals surface area contributed by atoms with Crippen molar-refractivity contribution in [2.45, 2.75) is 11.8 Å². The van der Waals surface area contributed by atoms with Gasteiger partial charge in [0.05, 0.1) is 9.47 Å². The number of sulfonamides is 1. The Balaban J connectivity index is 2.45. The largest absolute Gasteiger partial charge is 0.409 e. The van der Waals surface area contributed by atoms with E-state index in [4.69, 9.17) is 10.9 Å². The predicted octanol–water partition coefficient (Wildman–Crippen LogP) is 2.71. The van der Waals surface area contributed by atoms with Gasteiger partial charge in [-0.15, -0.1) is 11.3 Å². The zero-order chi connectivity index (χ0) is 15.6. The Bertz CT molecular complexity index is 800. The van der Waals surface area contributed by atoms with Crippen molar-refractivity contribution in [3.05, 3.63) is 44.6 Å². The van der Waals surface area contributed by atoms with E-state index >= 15 is 0 Å². The van der Waals surface area contributed by atoms with E-state index in [2.05, 4.69) is 25.8 Å². The molecule has 0 aliphatic rings. The molecule has 0 spiro atoms. The summed E-state index contributed by atoms with van der Waals surface area (Å²) in [6.45, 7) is 1.72. The highest BCUT2D eigenvalue weighted by atomic mass is 79.9. The fraction of sp³-hybridized carbons (Fsp3) is 0.0833. The maximum atomic E-state index is 12.4. The lowest BCUT2D eigenvalue weighted by Crippen LogP contribution is -2.19. The van der Waals surface area contributed by atoms with Crippen LogP contribution in [-0.2, 0) is 10.0 Å². The van der Waals surface area contributed by atoms with Gasteiger partial charge >= 0.3 is 0 Å². The van der Waals surface area contributed by atoms with Gasteiger partial charge in [-0.3, -0.25) is 4.72 Å². The Kier molecular flexibility index (Phi) is 4.55. The van der Waals surface area contributed by atoms with E-state index in [0.29, 0.717) is 10.4 Å². The molecule has 1 heterocycles. The van der Waals surface area contributed by atoms with Crippen molar-refractivity contribution < 1.29 is 13.6 Å². The summed E-state index contributed by atoms with van der Waals surface area (Å²) in [4.78, 5) is 0.851. The zero-order valence-corrected chi connectivity index (χ0v) is 14.1. The standard InChI is InChI=1S/C12H12BrN3O3S2/c1-7-10(6-11(13)20-7)21(18,19)16-9-5-3-2-4-8(9)12(14)15-17/h2-6,16-17H,1H3,(H2,14,15). The van der Waals surface area contributed by atoms with Gasteiger partial charge in [0.1, 0.15) is 4.90 Å². The molecule has 21 heavy (non-hydrogen) atoms. The van der Waals surface area contributed by atoms with Crippen LogP contribution in [-0.4, -0.2) is 19.5 Å². The summed E-state index contributed by atoms with van der Waals surface area (Å²) in [5.74, 6) is -0.170. The number of thiophene rings is 1. The summed E-state index contributed by atoms with van der Waals surface area (Å²) in [7, 11) is -3.75. The summed E-state index contributed by atoms with van der Waals surface area (Å²) in [6.07, 6.45) is 0. The molecule has 1 aromatic heterocycles. The molecule has 9 heteroatoms. The van der Waals surface area contributed by atoms with Gasteiger partial charge in [0.15, 0.2) is 5.84 Å². The van der Waals surface area contributed by atoms with E-state index in [9.17, 15) is 8.42 Å². The van der Waals surface area contributed by atoms with Crippen LogP contribution in [0.25, 0.3) is 0 Å². The topological polar surface area (TPSA) is 105 Å². The summed E-state index contributed by atoms with van der Waals surface area (Å²) < 4.78 is 28.0. The molecule has 0 bridgehead atoms. The third kappa shape index (κ3) is 3.36. The molecule has 0 radical (unpaired) electrons. The SMILES string of the molecule is Cc1sc(Br)cc1S(=O)(=O)Nc1ccccc1/C(N)=N/O. The number of nitrogens with two attached hydrogens (primary N) is 1. The monoisotopic (exact) mass is 389 g/mol. The van der Waals surface area contributed by atoms with Gasteiger partial charge in [-0.2, -0.15) is 0 Å². The molecule has 2 rings (SSSR count). The predicted molar refractivity (Wildman–Crippen MR) is 86.5 cm³/mol. The van der Waals surface area contributed by atoms with Crippen molar-refractivity contribution >= 4 is 48.8 Å². The van der Waals surface area contributed by atoms with E-state index in [0.717, 1.165) is 3.79 Å². The van der Waals surface area contributed by atoms with Crippen LogP contribution in [0.2, 0.25) is 0 Å². The highest BCUT2D eigenvalue weighted by Gasteiger charge is 2.21. The number of hydrogen-bond donors (Lipinski definition) is 3. The van der Waals surface area contributed by atoms with Crippen molar-refractivity contribution in [2.24, 2.45) is 10.9 Å². The van der Waals surface area contributed by atoms with Gasteiger partial charge < -0.3 is 10.9 Å². The molecule has 2 aromatic rings. The zero-order valence-electron chi connectivity index (χ0n) is 10.9. The van der Waals surface area contributed by atoms with Crippen molar-refractivity contribution in [3.63, 3.8) is 0 Å². The molecular formula is C12H12BrN3O3S2. The summed E-state index contributed by atoms with van der Waals surface area (Å²) in [5.41, 5.74) is 6.09. The lowest BCUT2D eigenvalue weighted by atomic mass is 10.2. The summed E-state index contributed by atoms with van der Waals surface area (Å²) in [5, 5.41) is 11.7. The summed E-state index contributed by atoms with van der Waals surface area (Å²) >= 11 is 4.59. The minimum atomic E-state index is -3.75. The second-order valence-corrected chi connectivity index (χ2v) is 8.39. The maximum absolute atomic E-state index is 12.4. The van der Waals surface area contributed by atoms with Crippen molar-refractivity contribution in [1.82, 2.24) is 0 Å². The minimum absolute atomic E-state index is 0.170. The van der Waals surface area contributed by atoms with Crippen LogP contribution in [0, 0.1) is 6.92 Å². The van der Waals surface area contributed by atoms with Crippen LogP contribution in [0.3, 0.4) is 0 Å². The number of aryl methyl sites for hydroxylation is 1. The number of halogens is 1. The number of benzene rings is 1. The third-order valence-electron chi connectivity index (χ3n) is 2.69. The van der Waals surface area contributed by atoms with E-state index in [-0.39, 0.29) is 16.4 Å². The second-order valence-electron chi connectivity index (χ2n) is 4.11. The first-order valence-electron chi connectivity index (χ1n) is 5.71. The first-order chi connectivity index (χ1) is 9.85. The van der Waals surface area contributed by atoms with Crippen molar-refractivity contribution in [2.75, 3.05) is 4.72 Å². The van der Waals surface area contributed by atoms with Gasteiger partial charge in [-0.25, -0.2) is 8.42 Å². The first kappa shape index (κ1) is 15.8. The quantitative estimate of drug-likeness (QED) is 0.323. The number of rotatable bonds is 4. The van der Waals surface area contributed by atoms with Crippen LogP contribution in [0.5, 0.6) is 0 Å². The molecule has 1 aromatic carbocycles. The smallest absolute Gasteiger partial charge is 0.263 e. The fourth-order valence-corrected chi connectivity index (χ4v) is 5.24. The Labute approximate surface area is 134 Å². The summed E-state index contributed by atoms with van der Waals surface area (Å²) in [6, 6.07) is 7.96. The first-order valence-corrected chi connectivity index (χ1v) is 8.80. The van der Waals surface area contributed by atoms with Crippen LogP contribution in [0.15, 0.2) is 44.2 Å². The Morgan fingerprint density at radius 3 is 2.67 bits per heavy atom. The van der Waals surface area contributed by atoms with Gasteiger partial charge in [0.25, 0.3) is 10.0 Å². The van der Waals surface area contributed by atoms with Crippen LogP contribution >= 0.6 is 27.3 Å². The number of hydrogen-bond acceptors (Lipinski definition) is 5. The lowest BCUT2D eigenvalue weighted by molar-refractivity contribution is 0.318. The van der Waals surface area contributed by atoms with Gasteiger partial charge in [0.2, 0.25) is 0 Å². The van der Waals surface area contributed by atoms with Crippen LogP contribution in [0.4, 0.5) is 5.69 Å². The van der Waals surface area contributed by atoms with Crippen LogP contribution < -0.4 is 10.5 Å². The molecule has 0 fully saturated rings. The molecular weight excluding hydrogens is 378 g/mol. The van der Waals surface area contributed by atoms with E-state index in [1.807, 2.05) is 0 Å². The van der Waals surface area contributed by atoms with Gasteiger partial charge in [-0.05, 0) is 41.1 Å². The molecule has 4 N–H and O–H groups in total. The highest BCUT2D eigenvalue weighted by Crippen LogP contribution is 2.31. The number of nitrogens with one attached hydrogen (secondary N) is 1. The lowest BCUT2D eigenvalue weighted by Gasteiger charge is -2.11. The van der Waals surface area contributed by atoms with Crippen LogP contribution in [0.1, 0.15) is 10.4 Å². The number of para-hydroxylation sites is 1. The average molecular weight is 390 g/mol. The molecule has 0 saturated carbocycles. The number of nitrogens with zero attached hydrogens (tertiary/aromatic N) is 1. The second kappa shape index (κ2) is 6.04. The Morgan fingerprint density at radius 2 is 2.10 bits per heavy atom. The van der Waals surface area contributed by atoms with Gasteiger partial charge in [-0.1, -0.05) is 17.3 Å².